The number of pyridine rings is 1. The fourth-order valence-electron chi connectivity index (χ4n) is 3.38. The molecule has 3 N–H and O–H groups in total. The van der Waals surface area contributed by atoms with E-state index in [1.54, 1.807) is 5.01 Å². The van der Waals surface area contributed by atoms with Crippen LogP contribution >= 0.6 is 0 Å². The van der Waals surface area contributed by atoms with Crippen molar-refractivity contribution in [2.45, 2.75) is 4.90 Å². The lowest BCUT2D eigenvalue weighted by molar-refractivity contribution is 0.122. The van der Waals surface area contributed by atoms with Crippen LogP contribution in [-0.4, -0.2) is 74.8 Å². The number of piperazine rings is 1. The average molecular weight is 435 g/mol. The number of carbonyl (C=O) groups excluding carboxylic acids is 1. The molecule has 1 aromatic carbocycles. The molecule has 3 aromatic rings. The number of hydrogen-bond donors (Lipinski definition) is 3. The highest BCUT2D eigenvalue weighted by atomic mass is 32.2. The van der Waals surface area contributed by atoms with E-state index in [2.05, 4.69) is 24.4 Å². The van der Waals surface area contributed by atoms with Crippen LogP contribution in [-0.2, 0) is 14.8 Å². The summed E-state index contributed by atoms with van der Waals surface area (Å²) < 4.78 is 35.5. The minimum atomic E-state index is -3.85. The first-order valence-electron chi connectivity index (χ1n) is 9.17. The first kappa shape index (κ1) is 20.3. The maximum Gasteiger partial charge on any atom is 0.513 e. The number of nitrogens with one attached hydrogen (secondary N) is 3. The molecule has 4 rings (SSSR count). The minimum Gasteiger partial charge on any atom is -0.437 e. The normalized spacial score (nSPS) is 16.2. The average Bonchev–Trinajstić information content (AvgIpc) is 3.14. The van der Waals surface area contributed by atoms with Crippen molar-refractivity contribution in [1.29, 1.82) is 0 Å². The van der Waals surface area contributed by atoms with Gasteiger partial charge in [0.05, 0.1) is 17.4 Å². The molecule has 30 heavy (non-hydrogen) atoms. The Hall–Kier alpha value is -2.93. The number of nitrogens with zero attached hydrogens (tertiary/aromatic N) is 2. The fraction of sp³-hybridized carbons (Fsp3) is 0.333. The van der Waals surface area contributed by atoms with E-state index >= 15 is 0 Å². The monoisotopic (exact) mass is 435 g/mol. The van der Waals surface area contributed by atoms with E-state index < -0.39 is 21.7 Å². The van der Waals surface area contributed by atoms with E-state index in [4.69, 9.17) is 4.74 Å². The molecule has 0 aliphatic carbocycles. The highest BCUT2D eigenvalue weighted by Gasteiger charge is 2.23. The van der Waals surface area contributed by atoms with Crippen molar-refractivity contribution >= 4 is 38.0 Å². The first-order chi connectivity index (χ1) is 14.3. The molecule has 1 saturated heterocycles. The van der Waals surface area contributed by atoms with Crippen LogP contribution in [0, 0.1) is 0 Å². The molecular weight excluding hydrogens is 414 g/mol. The largest absolute Gasteiger partial charge is 0.513 e. The topological polar surface area (TPSA) is 137 Å². The van der Waals surface area contributed by atoms with Gasteiger partial charge in [0.15, 0.2) is 5.75 Å². The summed E-state index contributed by atoms with van der Waals surface area (Å²) in [4.78, 5) is 34.1. The molecule has 0 saturated carbocycles. The number of likely N-dealkylation sites (N-methyl/N-ethyl adjacent to an activating group) is 1. The molecule has 1 fully saturated rings. The van der Waals surface area contributed by atoms with Crippen molar-refractivity contribution in [2.75, 3.05) is 40.3 Å². The van der Waals surface area contributed by atoms with Crippen molar-refractivity contribution in [3.63, 3.8) is 0 Å². The molecule has 0 unspecified atom stereocenters. The molecule has 1 aliphatic rings. The van der Waals surface area contributed by atoms with Gasteiger partial charge in [-0.1, -0.05) is 0 Å². The summed E-state index contributed by atoms with van der Waals surface area (Å²) >= 11 is 0. The van der Waals surface area contributed by atoms with E-state index in [0.717, 1.165) is 20.2 Å². The number of benzene rings is 1. The van der Waals surface area contributed by atoms with E-state index in [-0.39, 0.29) is 21.5 Å². The van der Waals surface area contributed by atoms with Crippen molar-refractivity contribution in [2.24, 2.45) is 0 Å². The van der Waals surface area contributed by atoms with Gasteiger partial charge in [-0.15, -0.1) is 4.83 Å². The predicted octanol–water partition coefficient (Wildman–Crippen LogP) is 0.595. The van der Waals surface area contributed by atoms with Gasteiger partial charge in [0, 0.05) is 43.3 Å². The lowest BCUT2D eigenvalue weighted by Gasteiger charge is -2.32. The number of fused-ring (bicyclic) bond motifs is 3. The second-order valence-electron chi connectivity index (χ2n) is 7.01. The SMILES string of the molecule is COC(=O)Oc1c[nH]c2c(=O)[nH]c3ccc(S(=O)(=O)NN4CCN(C)CC4)cc3c12. The number of sulfonamides is 1. The number of H-pyrrole nitrogens is 2. The predicted molar refractivity (Wildman–Crippen MR) is 109 cm³/mol. The van der Waals surface area contributed by atoms with Crippen molar-refractivity contribution in [3.8, 4) is 5.75 Å². The summed E-state index contributed by atoms with van der Waals surface area (Å²) in [6.45, 7) is 2.63. The second kappa shape index (κ2) is 7.72. The Bertz CT molecular complexity index is 1270. The Balaban J connectivity index is 1.78. The Morgan fingerprint density at radius 1 is 1.20 bits per heavy atom. The standard InChI is InChI=1S/C18H21N5O6S/c1-22-5-7-23(8-6-22)21-30(26,27)11-3-4-13-12(9-11)15-14(29-18(25)28-2)10-19-16(15)17(24)20-13/h3-4,9-10,19,21H,5-8H2,1-2H3,(H,20,24). The van der Waals surface area contributed by atoms with E-state index in [1.165, 1.54) is 24.4 Å². The minimum absolute atomic E-state index is 0.0208. The third-order valence-corrected chi connectivity index (χ3v) is 6.38. The highest BCUT2D eigenvalue weighted by Crippen LogP contribution is 2.31. The Morgan fingerprint density at radius 2 is 1.93 bits per heavy atom. The molecule has 3 heterocycles. The molecule has 1 aliphatic heterocycles. The lowest BCUT2D eigenvalue weighted by Crippen LogP contribution is -2.52. The van der Waals surface area contributed by atoms with Gasteiger partial charge < -0.3 is 24.3 Å². The van der Waals surface area contributed by atoms with Gasteiger partial charge in [-0.25, -0.2) is 18.2 Å². The van der Waals surface area contributed by atoms with Gasteiger partial charge in [0.25, 0.3) is 15.6 Å². The van der Waals surface area contributed by atoms with Crippen LogP contribution in [0.25, 0.3) is 21.8 Å². The maximum absolute atomic E-state index is 12.9. The van der Waals surface area contributed by atoms with Crippen molar-refractivity contribution < 1.29 is 22.7 Å². The number of hydrogen-bond acceptors (Lipinski definition) is 8. The van der Waals surface area contributed by atoms with Crippen molar-refractivity contribution in [1.82, 2.24) is 24.7 Å². The summed E-state index contributed by atoms with van der Waals surface area (Å²) in [6, 6.07) is 4.35. The van der Waals surface area contributed by atoms with E-state index in [0.29, 0.717) is 24.0 Å². The van der Waals surface area contributed by atoms with Crippen LogP contribution in [0.3, 0.4) is 0 Å². The Labute approximate surface area is 171 Å². The summed E-state index contributed by atoms with van der Waals surface area (Å²) in [5, 5.41) is 2.35. The zero-order valence-corrected chi connectivity index (χ0v) is 17.2. The van der Waals surface area contributed by atoms with E-state index in [9.17, 15) is 18.0 Å². The molecule has 0 radical (unpaired) electrons. The van der Waals surface area contributed by atoms with Gasteiger partial charge in [-0.2, -0.15) is 0 Å². The highest BCUT2D eigenvalue weighted by molar-refractivity contribution is 7.89. The molecule has 12 heteroatoms. The third-order valence-electron chi connectivity index (χ3n) is 5.00. The third kappa shape index (κ3) is 3.77. The lowest BCUT2D eigenvalue weighted by atomic mass is 10.1. The first-order valence-corrected chi connectivity index (χ1v) is 10.7. The Kier molecular flexibility index (Phi) is 5.24. The van der Waals surface area contributed by atoms with Gasteiger partial charge in [0.1, 0.15) is 5.52 Å². The molecule has 2 aromatic heterocycles. The number of aromatic amines is 2. The zero-order valence-electron chi connectivity index (χ0n) is 16.4. The number of methoxy groups -OCH3 is 1. The second-order valence-corrected chi connectivity index (χ2v) is 8.67. The van der Waals surface area contributed by atoms with Crippen LogP contribution in [0.1, 0.15) is 0 Å². The van der Waals surface area contributed by atoms with Gasteiger partial charge >= 0.3 is 6.16 Å². The molecule has 160 valence electrons. The molecule has 11 nitrogen and oxygen atoms in total. The fourth-order valence-corrected chi connectivity index (χ4v) is 4.52. The van der Waals surface area contributed by atoms with Crippen LogP contribution in [0.5, 0.6) is 5.75 Å². The molecule has 0 amide bonds. The van der Waals surface area contributed by atoms with Crippen LogP contribution < -0.4 is 15.1 Å². The quantitative estimate of drug-likeness (QED) is 0.507. The summed E-state index contributed by atoms with van der Waals surface area (Å²) in [5.74, 6) is 0.0644. The number of ether oxygens (including phenoxy) is 2. The van der Waals surface area contributed by atoms with Crippen molar-refractivity contribution in [3.05, 3.63) is 34.7 Å². The Morgan fingerprint density at radius 3 is 2.63 bits per heavy atom. The van der Waals surface area contributed by atoms with Gasteiger partial charge in [-0.3, -0.25) is 4.79 Å². The van der Waals surface area contributed by atoms with Gasteiger partial charge in [-0.05, 0) is 25.2 Å². The van der Waals surface area contributed by atoms with Crippen LogP contribution in [0.15, 0.2) is 34.1 Å². The number of carbonyl (C=O) groups is 1. The molecule has 0 atom stereocenters. The number of rotatable bonds is 4. The number of hydrazine groups is 1. The zero-order chi connectivity index (χ0) is 21.5. The smallest absolute Gasteiger partial charge is 0.437 e. The van der Waals surface area contributed by atoms with Crippen LogP contribution in [0.4, 0.5) is 4.79 Å². The summed E-state index contributed by atoms with van der Waals surface area (Å²) in [6.07, 6.45) is 0.393. The summed E-state index contributed by atoms with van der Waals surface area (Å²) in [7, 11) is -0.707. The molecule has 0 bridgehead atoms. The van der Waals surface area contributed by atoms with Gasteiger partial charge in [0.2, 0.25) is 0 Å². The van der Waals surface area contributed by atoms with Crippen LogP contribution in [0.2, 0.25) is 0 Å². The maximum atomic E-state index is 12.9. The van der Waals surface area contributed by atoms with E-state index in [1.807, 2.05) is 7.05 Å². The number of aromatic nitrogens is 2. The summed E-state index contributed by atoms with van der Waals surface area (Å²) in [5.41, 5.74) is 0.131. The molecular formula is C18H21N5O6S. The molecule has 0 spiro atoms.